The first-order valence-electron chi connectivity index (χ1n) is 12.6. The molecular formula is C25H49NO3. The van der Waals surface area contributed by atoms with Crippen LogP contribution in [-0.4, -0.2) is 25.0 Å². The highest BCUT2D eigenvalue weighted by Crippen LogP contribution is 2.14. The highest BCUT2D eigenvalue weighted by atomic mass is 16.5. The zero-order valence-corrected chi connectivity index (χ0v) is 19.6. The third kappa shape index (κ3) is 24.9. The summed E-state index contributed by atoms with van der Waals surface area (Å²) in [5.74, 6) is -0.327. The maximum absolute atomic E-state index is 11.4. The van der Waals surface area contributed by atoms with Crippen LogP contribution in [0.1, 0.15) is 136 Å². The summed E-state index contributed by atoms with van der Waals surface area (Å²) in [7, 11) is 0. The standard InChI is InChI=1S/C25H49NO3/c1-3-4-5-6-7-8-9-10-11-12-13-14-15-16-17-18-19-20-23-29-25(28)21-22-26-24(2)27/h3-23H2,1-2H3,(H,26,27). The minimum atomic E-state index is -0.217. The van der Waals surface area contributed by atoms with Gasteiger partial charge in [-0.25, -0.2) is 0 Å². The first-order valence-corrected chi connectivity index (χ1v) is 12.6. The lowest BCUT2D eigenvalue weighted by Crippen LogP contribution is -2.23. The molecule has 172 valence electrons. The highest BCUT2D eigenvalue weighted by Gasteiger charge is 2.02. The van der Waals surface area contributed by atoms with Gasteiger partial charge in [-0.2, -0.15) is 0 Å². The fourth-order valence-corrected chi connectivity index (χ4v) is 3.60. The molecule has 0 bridgehead atoms. The molecule has 29 heavy (non-hydrogen) atoms. The third-order valence-electron chi connectivity index (χ3n) is 5.46. The van der Waals surface area contributed by atoms with Crippen LogP contribution in [0, 0.1) is 0 Å². The van der Waals surface area contributed by atoms with Gasteiger partial charge in [0.1, 0.15) is 0 Å². The van der Waals surface area contributed by atoms with E-state index in [-0.39, 0.29) is 18.3 Å². The molecular weight excluding hydrogens is 362 g/mol. The molecule has 1 amide bonds. The van der Waals surface area contributed by atoms with E-state index >= 15 is 0 Å². The monoisotopic (exact) mass is 411 g/mol. The van der Waals surface area contributed by atoms with Crippen LogP contribution in [0.4, 0.5) is 0 Å². The summed E-state index contributed by atoms with van der Waals surface area (Å²) in [6, 6.07) is 0. The first-order chi connectivity index (χ1) is 14.2. The van der Waals surface area contributed by atoms with Crippen molar-refractivity contribution in [3.8, 4) is 0 Å². The summed E-state index contributed by atoms with van der Waals surface area (Å²) in [6.45, 7) is 4.61. The Bertz CT molecular complexity index is 371. The van der Waals surface area contributed by atoms with Crippen molar-refractivity contribution in [3.63, 3.8) is 0 Å². The highest BCUT2D eigenvalue weighted by molar-refractivity contribution is 5.74. The van der Waals surface area contributed by atoms with E-state index in [0.29, 0.717) is 13.2 Å². The quantitative estimate of drug-likeness (QED) is 0.153. The molecule has 0 rings (SSSR count). The van der Waals surface area contributed by atoms with Crippen LogP contribution in [0.3, 0.4) is 0 Å². The maximum atomic E-state index is 11.4. The van der Waals surface area contributed by atoms with E-state index in [1.165, 1.54) is 110 Å². The van der Waals surface area contributed by atoms with Gasteiger partial charge in [0.2, 0.25) is 5.91 Å². The molecule has 1 N–H and O–H groups in total. The van der Waals surface area contributed by atoms with Gasteiger partial charge in [0, 0.05) is 13.5 Å². The van der Waals surface area contributed by atoms with E-state index < -0.39 is 0 Å². The fourth-order valence-electron chi connectivity index (χ4n) is 3.60. The lowest BCUT2D eigenvalue weighted by molar-refractivity contribution is -0.143. The van der Waals surface area contributed by atoms with Crippen molar-refractivity contribution < 1.29 is 14.3 Å². The number of ether oxygens (including phenoxy) is 1. The smallest absolute Gasteiger partial charge is 0.307 e. The maximum Gasteiger partial charge on any atom is 0.307 e. The second-order valence-corrected chi connectivity index (χ2v) is 8.46. The van der Waals surface area contributed by atoms with Crippen LogP contribution >= 0.6 is 0 Å². The van der Waals surface area contributed by atoms with Crippen molar-refractivity contribution in [2.75, 3.05) is 13.2 Å². The van der Waals surface area contributed by atoms with Gasteiger partial charge in [-0.3, -0.25) is 9.59 Å². The van der Waals surface area contributed by atoms with Crippen LogP contribution in [0.25, 0.3) is 0 Å². The Morgan fingerprint density at radius 3 is 1.38 bits per heavy atom. The average molecular weight is 412 g/mol. The summed E-state index contributed by atoms with van der Waals surface area (Å²) in [6.07, 6.45) is 24.7. The molecule has 0 aromatic rings. The van der Waals surface area contributed by atoms with Gasteiger partial charge in [-0.15, -0.1) is 0 Å². The molecule has 0 aliphatic rings. The Balaban J connectivity index is 3.10. The topological polar surface area (TPSA) is 55.4 Å². The van der Waals surface area contributed by atoms with Crippen molar-refractivity contribution in [3.05, 3.63) is 0 Å². The number of amides is 1. The van der Waals surface area contributed by atoms with Crippen LogP contribution in [0.2, 0.25) is 0 Å². The van der Waals surface area contributed by atoms with E-state index in [9.17, 15) is 9.59 Å². The molecule has 0 aliphatic carbocycles. The second kappa shape index (κ2) is 23.2. The van der Waals surface area contributed by atoms with E-state index in [1.54, 1.807) is 0 Å². The Labute approximate surface area is 180 Å². The Morgan fingerprint density at radius 2 is 1.00 bits per heavy atom. The lowest BCUT2D eigenvalue weighted by Gasteiger charge is -2.05. The number of unbranched alkanes of at least 4 members (excludes halogenated alkanes) is 17. The predicted octanol–water partition coefficient (Wildman–Crippen LogP) is 7.10. The van der Waals surface area contributed by atoms with Gasteiger partial charge >= 0.3 is 5.97 Å². The molecule has 0 saturated carbocycles. The van der Waals surface area contributed by atoms with Crippen molar-refractivity contribution in [1.29, 1.82) is 0 Å². The Hall–Kier alpha value is -1.06. The number of carbonyl (C=O) groups excluding carboxylic acids is 2. The number of carbonyl (C=O) groups is 2. The van der Waals surface area contributed by atoms with Gasteiger partial charge in [0.05, 0.1) is 13.0 Å². The third-order valence-corrected chi connectivity index (χ3v) is 5.46. The number of hydrogen-bond donors (Lipinski definition) is 1. The summed E-state index contributed by atoms with van der Waals surface area (Å²) in [5, 5.41) is 2.60. The zero-order valence-electron chi connectivity index (χ0n) is 19.6. The molecule has 0 atom stereocenters. The first kappa shape index (κ1) is 27.9. The van der Waals surface area contributed by atoms with Gasteiger partial charge < -0.3 is 10.1 Å². The average Bonchev–Trinajstić information content (AvgIpc) is 2.69. The zero-order chi connectivity index (χ0) is 21.4. The molecule has 0 saturated heterocycles. The predicted molar refractivity (Wildman–Crippen MR) is 123 cm³/mol. The van der Waals surface area contributed by atoms with Gasteiger partial charge in [0.15, 0.2) is 0 Å². The molecule has 4 nitrogen and oxygen atoms in total. The fraction of sp³-hybridized carbons (Fsp3) is 0.920. The summed E-state index contributed by atoms with van der Waals surface area (Å²) in [5.41, 5.74) is 0. The van der Waals surface area contributed by atoms with Crippen molar-refractivity contribution >= 4 is 11.9 Å². The number of hydrogen-bond acceptors (Lipinski definition) is 3. The molecule has 0 radical (unpaired) electrons. The Kier molecular flexibility index (Phi) is 22.4. The molecule has 4 heteroatoms. The second-order valence-electron chi connectivity index (χ2n) is 8.46. The molecule has 0 spiro atoms. The van der Waals surface area contributed by atoms with Crippen LogP contribution in [-0.2, 0) is 14.3 Å². The van der Waals surface area contributed by atoms with Crippen molar-refractivity contribution in [2.45, 2.75) is 136 Å². The van der Waals surface area contributed by atoms with Crippen molar-refractivity contribution in [2.24, 2.45) is 0 Å². The SMILES string of the molecule is CCCCCCCCCCCCCCCCCCCCOC(=O)CCNC(C)=O. The van der Waals surface area contributed by atoms with Crippen LogP contribution in [0.5, 0.6) is 0 Å². The van der Waals surface area contributed by atoms with E-state index in [0.717, 1.165) is 12.8 Å². The van der Waals surface area contributed by atoms with Crippen LogP contribution < -0.4 is 5.32 Å². The molecule has 0 aromatic carbocycles. The molecule has 0 unspecified atom stereocenters. The number of nitrogens with one attached hydrogen (secondary N) is 1. The van der Waals surface area contributed by atoms with Crippen molar-refractivity contribution in [1.82, 2.24) is 5.32 Å². The summed E-state index contributed by atoms with van der Waals surface area (Å²) in [4.78, 5) is 22.1. The van der Waals surface area contributed by atoms with Crippen LogP contribution in [0.15, 0.2) is 0 Å². The number of rotatable bonds is 22. The lowest BCUT2D eigenvalue weighted by atomic mass is 10.0. The normalized spacial score (nSPS) is 10.8. The minimum Gasteiger partial charge on any atom is -0.466 e. The molecule has 0 aromatic heterocycles. The summed E-state index contributed by atoms with van der Waals surface area (Å²) >= 11 is 0. The number of esters is 1. The van der Waals surface area contributed by atoms with Gasteiger partial charge in [0.25, 0.3) is 0 Å². The molecule has 0 fully saturated rings. The summed E-state index contributed by atoms with van der Waals surface area (Å²) < 4.78 is 5.16. The molecule has 0 heterocycles. The minimum absolute atomic E-state index is 0.110. The van der Waals surface area contributed by atoms with E-state index in [4.69, 9.17) is 4.74 Å². The molecule has 0 aliphatic heterocycles. The Morgan fingerprint density at radius 1 is 0.621 bits per heavy atom. The van der Waals surface area contributed by atoms with Gasteiger partial charge in [-0.05, 0) is 6.42 Å². The van der Waals surface area contributed by atoms with Gasteiger partial charge in [-0.1, -0.05) is 116 Å². The van der Waals surface area contributed by atoms with E-state index in [2.05, 4.69) is 12.2 Å². The van der Waals surface area contributed by atoms with E-state index in [1.807, 2.05) is 0 Å². The largest absolute Gasteiger partial charge is 0.466 e.